The summed E-state index contributed by atoms with van der Waals surface area (Å²) in [6.07, 6.45) is 6.13. The maximum atomic E-state index is 13.6. The number of nitrogens with one attached hydrogen (secondary N) is 1. The van der Waals surface area contributed by atoms with E-state index in [9.17, 15) is 4.79 Å². The SMILES string of the molecule is CCCCCOc1ccc(C2CC(c3ccc4c(c3C)OCO4)CN2CC(=O)Nc2c(CC)cccc2CC)cc1. The number of aryl methyl sites for hydroxylation is 2. The van der Waals surface area contributed by atoms with Crippen LogP contribution in [0, 0.1) is 6.92 Å². The highest BCUT2D eigenvalue weighted by atomic mass is 16.7. The number of rotatable bonds is 12. The van der Waals surface area contributed by atoms with Crippen LogP contribution in [-0.4, -0.2) is 37.3 Å². The van der Waals surface area contributed by atoms with Gasteiger partial charge in [-0.05, 0) is 84.5 Å². The first-order valence-electron chi connectivity index (χ1n) is 15.3. The van der Waals surface area contributed by atoms with Crippen LogP contribution in [0.25, 0.3) is 0 Å². The largest absolute Gasteiger partial charge is 0.494 e. The van der Waals surface area contributed by atoms with Gasteiger partial charge in [0.2, 0.25) is 12.7 Å². The third-order valence-electron chi connectivity index (χ3n) is 8.56. The number of hydrogen-bond acceptors (Lipinski definition) is 5. The summed E-state index contributed by atoms with van der Waals surface area (Å²) >= 11 is 0. The predicted molar refractivity (Wildman–Crippen MR) is 164 cm³/mol. The van der Waals surface area contributed by atoms with E-state index in [1.165, 1.54) is 35.1 Å². The number of carbonyl (C=O) groups is 1. The maximum absolute atomic E-state index is 13.6. The van der Waals surface area contributed by atoms with Gasteiger partial charge < -0.3 is 19.5 Å². The van der Waals surface area contributed by atoms with E-state index in [1.807, 2.05) is 6.07 Å². The minimum Gasteiger partial charge on any atom is -0.494 e. The number of nitrogens with zero attached hydrogens (tertiary/aromatic N) is 1. The second-order valence-corrected chi connectivity index (χ2v) is 11.2. The van der Waals surface area contributed by atoms with Crippen molar-refractivity contribution in [1.29, 1.82) is 0 Å². The van der Waals surface area contributed by atoms with Crippen LogP contribution in [-0.2, 0) is 17.6 Å². The van der Waals surface area contributed by atoms with Crippen molar-refractivity contribution in [2.75, 3.05) is 31.8 Å². The van der Waals surface area contributed by atoms with Crippen molar-refractivity contribution in [3.63, 3.8) is 0 Å². The Balaban J connectivity index is 1.37. The van der Waals surface area contributed by atoms with Gasteiger partial charge in [-0.1, -0.05) is 70.0 Å². The van der Waals surface area contributed by atoms with E-state index >= 15 is 0 Å². The van der Waals surface area contributed by atoms with Crippen molar-refractivity contribution in [2.45, 2.75) is 78.2 Å². The molecule has 41 heavy (non-hydrogen) atoms. The molecule has 2 heterocycles. The summed E-state index contributed by atoms with van der Waals surface area (Å²) in [7, 11) is 0. The van der Waals surface area contributed by atoms with Crippen LogP contribution in [0.5, 0.6) is 17.2 Å². The smallest absolute Gasteiger partial charge is 0.238 e. The lowest BCUT2D eigenvalue weighted by atomic mass is 9.90. The fourth-order valence-corrected chi connectivity index (χ4v) is 6.31. The van der Waals surface area contributed by atoms with Gasteiger partial charge >= 0.3 is 0 Å². The molecule has 5 rings (SSSR count). The van der Waals surface area contributed by atoms with Gasteiger partial charge in [0.25, 0.3) is 0 Å². The molecule has 0 bridgehead atoms. The van der Waals surface area contributed by atoms with Crippen molar-refractivity contribution in [2.24, 2.45) is 0 Å². The fourth-order valence-electron chi connectivity index (χ4n) is 6.31. The molecule has 1 fully saturated rings. The number of anilines is 1. The van der Waals surface area contributed by atoms with Crippen LogP contribution in [0.3, 0.4) is 0 Å². The Morgan fingerprint density at radius 1 is 0.976 bits per heavy atom. The molecule has 2 aliphatic rings. The van der Waals surface area contributed by atoms with Crippen LogP contribution in [0.1, 0.15) is 86.2 Å². The van der Waals surface area contributed by atoms with Gasteiger partial charge in [-0.3, -0.25) is 9.69 Å². The molecule has 0 saturated carbocycles. The predicted octanol–water partition coefficient (Wildman–Crippen LogP) is 7.59. The van der Waals surface area contributed by atoms with E-state index in [2.05, 4.69) is 86.4 Å². The van der Waals surface area contributed by atoms with Gasteiger partial charge in [-0.25, -0.2) is 0 Å². The number of benzene rings is 3. The summed E-state index contributed by atoms with van der Waals surface area (Å²) in [6.45, 7) is 10.7. The van der Waals surface area contributed by atoms with Gasteiger partial charge in [0.05, 0.1) is 13.2 Å². The zero-order valence-corrected chi connectivity index (χ0v) is 25.0. The second-order valence-electron chi connectivity index (χ2n) is 11.2. The molecular weight excluding hydrogens is 512 g/mol. The van der Waals surface area contributed by atoms with Gasteiger partial charge in [-0.15, -0.1) is 0 Å². The van der Waals surface area contributed by atoms with Crippen LogP contribution in [0.2, 0.25) is 0 Å². The molecule has 2 aliphatic heterocycles. The lowest BCUT2D eigenvalue weighted by Gasteiger charge is -2.25. The number of hydrogen-bond donors (Lipinski definition) is 1. The number of likely N-dealkylation sites (tertiary alicyclic amines) is 1. The van der Waals surface area contributed by atoms with Crippen LogP contribution in [0.4, 0.5) is 5.69 Å². The Kier molecular flexibility index (Phi) is 9.50. The fraction of sp³-hybridized carbons (Fsp3) is 0.457. The van der Waals surface area contributed by atoms with E-state index in [4.69, 9.17) is 14.2 Å². The summed E-state index contributed by atoms with van der Waals surface area (Å²) in [5.41, 5.74) is 6.95. The van der Waals surface area contributed by atoms with E-state index in [1.54, 1.807) is 0 Å². The Bertz CT molecular complexity index is 1310. The first kappa shape index (κ1) is 29.0. The third kappa shape index (κ3) is 6.54. The zero-order valence-electron chi connectivity index (χ0n) is 25.0. The molecule has 3 aromatic rings. The summed E-state index contributed by atoms with van der Waals surface area (Å²) in [4.78, 5) is 15.9. The summed E-state index contributed by atoms with van der Waals surface area (Å²) in [5, 5.41) is 3.29. The maximum Gasteiger partial charge on any atom is 0.238 e. The quantitative estimate of drug-likeness (QED) is 0.233. The topological polar surface area (TPSA) is 60.0 Å². The van der Waals surface area contributed by atoms with Gasteiger partial charge in [-0.2, -0.15) is 0 Å². The van der Waals surface area contributed by atoms with E-state index in [0.29, 0.717) is 6.54 Å². The van der Waals surface area contributed by atoms with Crippen molar-refractivity contribution >= 4 is 11.6 Å². The average molecular weight is 557 g/mol. The normalized spacial score (nSPS) is 18.0. The molecule has 2 unspecified atom stereocenters. The number of ether oxygens (including phenoxy) is 3. The van der Waals surface area contributed by atoms with Crippen LogP contribution >= 0.6 is 0 Å². The Morgan fingerprint density at radius 3 is 2.44 bits per heavy atom. The summed E-state index contributed by atoms with van der Waals surface area (Å²) < 4.78 is 17.4. The average Bonchev–Trinajstić information content (AvgIpc) is 3.64. The van der Waals surface area contributed by atoms with E-state index in [-0.39, 0.29) is 24.7 Å². The minimum atomic E-state index is 0.0320. The van der Waals surface area contributed by atoms with E-state index < -0.39 is 0 Å². The molecule has 1 saturated heterocycles. The molecule has 1 amide bonds. The van der Waals surface area contributed by atoms with Gasteiger partial charge in [0, 0.05) is 18.3 Å². The number of fused-ring (bicyclic) bond motifs is 1. The third-order valence-corrected chi connectivity index (χ3v) is 8.56. The highest BCUT2D eigenvalue weighted by Gasteiger charge is 2.36. The molecule has 3 aromatic carbocycles. The minimum absolute atomic E-state index is 0.0320. The molecule has 0 aliphatic carbocycles. The van der Waals surface area contributed by atoms with Crippen molar-refractivity contribution in [3.05, 3.63) is 82.4 Å². The molecule has 6 nitrogen and oxygen atoms in total. The highest BCUT2D eigenvalue weighted by Crippen LogP contribution is 2.45. The van der Waals surface area contributed by atoms with E-state index in [0.717, 1.165) is 67.3 Å². The Labute approximate surface area is 245 Å². The summed E-state index contributed by atoms with van der Waals surface area (Å²) in [6, 6.07) is 19.1. The Morgan fingerprint density at radius 2 is 1.73 bits per heavy atom. The lowest BCUT2D eigenvalue weighted by Crippen LogP contribution is -2.33. The van der Waals surface area contributed by atoms with Gasteiger partial charge in [0.1, 0.15) is 5.75 Å². The van der Waals surface area contributed by atoms with Crippen LogP contribution < -0.4 is 19.5 Å². The molecule has 0 spiro atoms. The lowest BCUT2D eigenvalue weighted by molar-refractivity contribution is -0.117. The molecule has 6 heteroatoms. The standard InChI is InChI=1S/C35H44N2O4/c1-5-8-9-19-39-29-15-13-27(14-16-29)31-20-28(30-17-18-32-35(24(30)4)41-23-40-32)21-37(31)22-33(38)36-34-25(6-2)11-10-12-26(34)7-3/h10-18,28,31H,5-9,19-23H2,1-4H3,(H,36,38). The first-order chi connectivity index (χ1) is 20.0. The van der Waals surface area contributed by atoms with Crippen LogP contribution in [0.15, 0.2) is 54.6 Å². The first-order valence-corrected chi connectivity index (χ1v) is 15.3. The van der Waals surface area contributed by atoms with Crippen molar-refractivity contribution in [1.82, 2.24) is 4.90 Å². The Hall–Kier alpha value is -3.51. The second kappa shape index (κ2) is 13.4. The monoisotopic (exact) mass is 556 g/mol. The highest BCUT2D eigenvalue weighted by molar-refractivity contribution is 5.94. The number of unbranched alkanes of at least 4 members (excludes halogenated alkanes) is 2. The summed E-state index contributed by atoms with van der Waals surface area (Å²) in [5.74, 6) is 2.88. The molecule has 0 radical (unpaired) electrons. The molecule has 218 valence electrons. The number of amides is 1. The number of carbonyl (C=O) groups excluding carboxylic acids is 1. The molecular formula is C35H44N2O4. The molecule has 0 aromatic heterocycles. The molecule has 2 atom stereocenters. The zero-order chi connectivity index (χ0) is 28.8. The van der Waals surface area contributed by atoms with Gasteiger partial charge in [0.15, 0.2) is 11.5 Å². The van der Waals surface area contributed by atoms with Crippen molar-refractivity contribution < 1.29 is 19.0 Å². The number of para-hydroxylation sites is 1. The van der Waals surface area contributed by atoms with Crippen molar-refractivity contribution in [3.8, 4) is 17.2 Å². The molecule has 1 N–H and O–H groups in total.